The van der Waals surface area contributed by atoms with Crippen molar-refractivity contribution in [3.63, 3.8) is 0 Å². The molecule has 0 aromatic heterocycles. The van der Waals surface area contributed by atoms with Gasteiger partial charge in [-0.25, -0.2) is 8.42 Å². The lowest BCUT2D eigenvalue weighted by atomic mass is 10.1. The fraction of sp³-hybridized carbons (Fsp3) is 0.600. The van der Waals surface area contributed by atoms with Gasteiger partial charge < -0.3 is 9.84 Å². The molecule has 0 aliphatic rings. The lowest BCUT2D eigenvalue weighted by Gasteiger charge is -2.19. The largest absolute Gasteiger partial charge is 0.493 e. The monoisotopic (exact) mass is 300 g/mol. The van der Waals surface area contributed by atoms with Gasteiger partial charge in [0.1, 0.15) is 12.4 Å². The molecule has 1 aromatic carbocycles. The first-order chi connectivity index (χ1) is 9.17. The number of aliphatic hydroxyl groups excluding tert-OH is 1. The number of aliphatic hydroxyl groups is 1. The summed E-state index contributed by atoms with van der Waals surface area (Å²) in [6, 6.07) is 7.08. The van der Waals surface area contributed by atoms with E-state index in [0.29, 0.717) is 12.2 Å². The Morgan fingerprint density at radius 3 is 2.20 bits per heavy atom. The third-order valence-corrected chi connectivity index (χ3v) is 5.78. The van der Waals surface area contributed by atoms with Crippen molar-refractivity contribution in [3.05, 3.63) is 29.8 Å². The van der Waals surface area contributed by atoms with E-state index in [2.05, 4.69) is 0 Å². The fourth-order valence-electron chi connectivity index (χ4n) is 1.60. The van der Waals surface area contributed by atoms with E-state index in [1.165, 1.54) is 0 Å². The lowest BCUT2D eigenvalue weighted by molar-refractivity contribution is 0.173. The van der Waals surface area contributed by atoms with Crippen LogP contribution in [0.1, 0.15) is 45.8 Å². The number of hydrogen-bond donors (Lipinski definition) is 1. The Hall–Kier alpha value is -1.07. The fourth-order valence-corrected chi connectivity index (χ4v) is 2.51. The van der Waals surface area contributed by atoms with E-state index >= 15 is 0 Å². The van der Waals surface area contributed by atoms with Crippen molar-refractivity contribution in [1.82, 2.24) is 0 Å². The van der Waals surface area contributed by atoms with Crippen LogP contribution in [0.25, 0.3) is 0 Å². The second kappa shape index (κ2) is 6.59. The highest BCUT2D eigenvalue weighted by Crippen LogP contribution is 2.20. The molecule has 0 saturated carbocycles. The van der Waals surface area contributed by atoms with E-state index in [0.717, 1.165) is 5.56 Å². The lowest BCUT2D eigenvalue weighted by Crippen LogP contribution is -2.32. The predicted molar refractivity (Wildman–Crippen MR) is 80.7 cm³/mol. The summed E-state index contributed by atoms with van der Waals surface area (Å²) < 4.78 is 28.5. The van der Waals surface area contributed by atoms with Crippen LogP contribution in [0.5, 0.6) is 5.75 Å². The molecule has 0 fully saturated rings. The van der Waals surface area contributed by atoms with E-state index in [1.807, 2.05) is 6.92 Å². The molecule has 1 atom stereocenters. The Bertz CT molecular complexity index is 512. The van der Waals surface area contributed by atoms with Gasteiger partial charge in [-0.05, 0) is 44.9 Å². The van der Waals surface area contributed by atoms with Crippen LogP contribution in [0, 0.1) is 0 Å². The molecule has 20 heavy (non-hydrogen) atoms. The highest BCUT2D eigenvalue weighted by atomic mass is 32.2. The molecule has 0 spiro atoms. The van der Waals surface area contributed by atoms with Crippen molar-refractivity contribution >= 4 is 9.84 Å². The van der Waals surface area contributed by atoms with Crippen LogP contribution in [0.4, 0.5) is 0 Å². The van der Waals surface area contributed by atoms with Gasteiger partial charge in [-0.1, -0.05) is 19.1 Å². The summed E-state index contributed by atoms with van der Waals surface area (Å²) in [7, 11) is -3.16. The molecule has 0 heterocycles. The van der Waals surface area contributed by atoms with Crippen molar-refractivity contribution in [2.24, 2.45) is 0 Å². The molecule has 1 N–H and O–H groups in total. The van der Waals surface area contributed by atoms with Gasteiger partial charge in [0.05, 0.1) is 16.6 Å². The Morgan fingerprint density at radius 2 is 1.75 bits per heavy atom. The first-order valence-electron chi connectivity index (χ1n) is 6.80. The first kappa shape index (κ1) is 17.0. The summed E-state index contributed by atoms with van der Waals surface area (Å²) in [6.07, 6.45) is 0.189. The number of benzene rings is 1. The predicted octanol–water partition coefficient (Wildman–Crippen LogP) is 2.72. The van der Waals surface area contributed by atoms with E-state index in [-0.39, 0.29) is 12.4 Å². The zero-order chi connectivity index (χ0) is 15.4. The minimum Gasteiger partial charge on any atom is -0.493 e. The molecule has 1 aromatic rings. The quantitative estimate of drug-likeness (QED) is 0.877. The molecule has 0 aliphatic heterocycles. The molecule has 0 saturated heterocycles. The highest BCUT2D eigenvalue weighted by molar-refractivity contribution is 7.92. The minimum absolute atomic E-state index is 0.00413. The molecule has 0 amide bonds. The van der Waals surface area contributed by atoms with Crippen molar-refractivity contribution in [2.75, 3.05) is 12.4 Å². The van der Waals surface area contributed by atoms with Crippen LogP contribution in [-0.4, -0.2) is 30.6 Å². The molecule has 0 unspecified atom stereocenters. The molecule has 114 valence electrons. The SMILES string of the molecule is CC[C@@H](O)c1ccc(OCCS(=O)(=O)C(C)(C)C)cc1. The maximum absolute atomic E-state index is 11.9. The normalized spacial score (nSPS) is 14.1. The Balaban J connectivity index is 2.55. The van der Waals surface area contributed by atoms with Crippen LogP contribution in [0.15, 0.2) is 24.3 Å². The average Bonchev–Trinajstić information content (AvgIpc) is 2.37. The molecule has 0 radical (unpaired) electrons. The smallest absolute Gasteiger partial charge is 0.158 e. The molecular weight excluding hydrogens is 276 g/mol. The molecule has 0 bridgehead atoms. The Kier molecular flexibility index (Phi) is 5.59. The van der Waals surface area contributed by atoms with Crippen molar-refractivity contribution in [3.8, 4) is 5.75 Å². The van der Waals surface area contributed by atoms with Crippen molar-refractivity contribution in [2.45, 2.75) is 45.0 Å². The second-order valence-corrected chi connectivity index (χ2v) is 8.64. The van der Waals surface area contributed by atoms with E-state index in [1.54, 1.807) is 45.0 Å². The van der Waals surface area contributed by atoms with Crippen LogP contribution in [-0.2, 0) is 9.84 Å². The summed E-state index contributed by atoms with van der Waals surface area (Å²) in [6.45, 7) is 7.09. The first-order valence-corrected chi connectivity index (χ1v) is 8.45. The van der Waals surface area contributed by atoms with Gasteiger partial charge >= 0.3 is 0 Å². The van der Waals surface area contributed by atoms with Gasteiger partial charge in [0.2, 0.25) is 0 Å². The number of rotatable bonds is 6. The van der Waals surface area contributed by atoms with Gasteiger partial charge in [0, 0.05) is 0 Å². The topological polar surface area (TPSA) is 63.6 Å². The highest BCUT2D eigenvalue weighted by Gasteiger charge is 2.28. The summed E-state index contributed by atoms with van der Waals surface area (Å²) in [5, 5.41) is 9.67. The van der Waals surface area contributed by atoms with Crippen LogP contribution in [0.3, 0.4) is 0 Å². The number of hydrogen-bond acceptors (Lipinski definition) is 4. The van der Waals surface area contributed by atoms with Crippen LogP contribution >= 0.6 is 0 Å². The van der Waals surface area contributed by atoms with Crippen molar-refractivity contribution in [1.29, 1.82) is 0 Å². The maximum atomic E-state index is 11.9. The van der Waals surface area contributed by atoms with Crippen LogP contribution < -0.4 is 4.74 Å². The minimum atomic E-state index is -3.16. The summed E-state index contributed by atoms with van der Waals surface area (Å²) in [4.78, 5) is 0. The third kappa shape index (κ3) is 4.49. The van der Waals surface area contributed by atoms with Gasteiger partial charge in [0.15, 0.2) is 9.84 Å². The third-order valence-electron chi connectivity index (χ3n) is 3.21. The second-order valence-electron chi connectivity index (χ2n) is 5.77. The Morgan fingerprint density at radius 1 is 1.20 bits per heavy atom. The molecule has 4 nitrogen and oxygen atoms in total. The van der Waals surface area contributed by atoms with E-state index < -0.39 is 20.7 Å². The molecule has 0 aliphatic carbocycles. The van der Waals surface area contributed by atoms with Gasteiger partial charge in [-0.15, -0.1) is 0 Å². The summed E-state index contributed by atoms with van der Waals surface area (Å²) >= 11 is 0. The zero-order valence-corrected chi connectivity index (χ0v) is 13.4. The maximum Gasteiger partial charge on any atom is 0.158 e. The van der Waals surface area contributed by atoms with Crippen LogP contribution in [0.2, 0.25) is 0 Å². The molecule has 5 heteroatoms. The molecular formula is C15H24O4S. The summed E-state index contributed by atoms with van der Waals surface area (Å²) in [5.74, 6) is 0.608. The summed E-state index contributed by atoms with van der Waals surface area (Å²) in [5.41, 5.74) is 0.835. The van der Waals surface area contributed by atoms with Gasteiger partial charge in [0.25, 0.3) is 0 Å². The zero-order valence-electron chi connectivity index (χ0n) is 12.6. The van der Waals surface area contributed by atoms with E-state index in [4.69, 9.17) is 4.74 Å². The average molecular weight is 300 g/mol. The van der Waals surface area contributed by atoms with Gasteiger partial charge in [-0.2, -0.15) is 0 Å². The standard InChI is InChI=1S/C15H24O4S/c1-5-14(16)12-6-8-13(9-7-12)19-10-11-20(17,18)15(2,3)4/h6-9,14,16H,5,10-11H2,1-4H3/t14-/m1/s1. The Labute approximate surface area is 121 Å². The number of ether oxygens (including phenoxy) is 1. The van der Waals surface area contributed by atoms with E-state index in [9.17, 15) is 13.5 Å². The molecule has 1 rings (SSSR count). The number of sulfone groups is 1. The van der Waals surface area contributed by atoms with Crippen molar-refractivity contribution < 1.29 is 18.3 Å². The van der Waals surface area contributed by atoms with Gasteiger partial charge in [-0.3, -0.25) is 0 Å².